The van der Waals surface area contributed by atoms with E-state index in [9.17, 15) is 14.9 Å². The van der Waals surface area contributed by atoms with Crippen LogP contribution in [0.25, 0.3) is 38.4 Å². The molecular weight excluding hydrogens is 342 g/mol. The van der Waals surface area contributed by atoms with Crippen molar-refractivity contribution in [1.29, 1.82) is 0 Å². The van der Waals surface area contributed by atoms with Gasteiger partial charge in [0.1, 0.15) is 0 Å². The average molecular weight is 355 g/mol. The summed E-state index contributed by atoms with van der Waals surface area (Å²) in [5.41, 5.74) is 3.54. The maximum Gasteiger partial charge on any atom is 0.331 e. The monoisotopic (exact) mass is 355 g/mol. The van der Waals surface area contributed by atoms with Gasteiger partial charge in [-0.15, -0.1) is 0 Å². The number of rotatable bonds is 2. The molecule has 0 saturated carbocycles. The summed E-state index contributed by atoms with van der Waals surface area (Å²) in [4.78, 5) is 26.6. The lowest BCUT2D eigenvalue weighted by atomic mass is 10.0. The number of nitro benzene ring substituents is 1. The Morgan fingerprint density at radius 2 is 1.63 bits per heavy atom. The highest BCUT2D eigenvalue weighted by Gasteiger charge is 2.19. The van der Waals surface area contributed by atoms with E-state index in [4.69, 9.17) is 0 Å². The molecule has 0 atom stereocenters. The largest absolute Gasteiger partial charge is 0.331 e. The number of nitro groups is 1. The number of hydrogen-bond donors (Lipinski definition) is 1. The van der Waals surface area contributed by atoms with Crippen molar-refractivity contribution in [3.05, 3.63) is 93.4 Å². The molecule has 0 bridgehead atoms. The van der Waals surface area contributed by atoms with Crippen LogP contribution in [-0.4, -0.2) is 14.3 Å². The van der Waals surface area contributed by atoms with E-state index in [1.807, 2.05) is 54.6 Å². The van der Waals surface area contributed by atoms with Crippen LogP contribution in [0.3, 0.4) is 0 Å². The molecule has 6 heteroatoms. The van der Waals surface area contributed by atoms with Gasteiger partial charge in [0.05, 0.1) is 21.5 Å². The summed E-state index contributed by atoms with van der Waals surface area (Å²) < 4.78 is 1.64. The number of non-ortho nitro benzene ring substituents is 1. The zero-order chi connectivity index (χ0) is 18.5. The van der Waals surface area contributed by atoms with Gasteiger partial charge in [-0.1, -0.05) is 48.5 Å². The molecule has 0 amide bonds. The molecule has 0 aliphatic heterocycles. The second-order valence-electron chi connectivity index (χ2n) is 6.36. The quantitative estimate of drug-likeness (QED) is 0.374. The summed E-state index contributed by atoms with van der Waals surface area (Å²) in [5, 5.41) is 13.0. The number of H-pyrrole nitrogens is 1. The van der Waals surface area contributed by atoms with E-state index in [1.165, 1.54) is 6.07 Å². The second-order valence-corrected chi connectivity index (χ2v) is 6.36. The van der Waals surface area contributed by atoms with Gasteiger partial charge < -0.3 is 4.98 Å². The van der Waals surface area contributed by atoms with Crippen molar-refractivity contribution in [2.45, 2.75) is 0 Å². The molecule has 0 unspecified atom stereocenters. The SMILES string of the molecule is O=c1[nH]c2ccccc2c2c(-c3cccc([N+](=O)[O-])c3)c3ccccc3n12. The number of fused-ring (bicyclic) bond motifs is 5. The Balaban J connectivity index is 2.06. The van der Waals surface area contributed by atoms with E-state index in [1.54, 1.807) is 16.5 Å². The minimum absolute atomic E-state index is 0.0186. The van der Waals surface area contributed by atoms with Crippen molar-refractivity contribution in [3.8, 4) is 11.1 Å². The van der Waals surface area contributed by atoms with Gasteiger partial charge in [-0.05, 0) is 17.7 Å². The minimum atomic E-state index is -0.408. The molecule has 6 nitrogen and oxygen atoms in total. The molecule has 1 N–H and O–H groups in total. The second kappa shape index (κ2) is 5.54. The van der Waals surface area contributed by atoms with E-state index >= 15 is 0 Å². The molecule has 130 valence electrons. The van der Waals surface area contributed by atoms with E-state index < -0.39 is 4.92 Å². The molecule has 2 heterocycles. The maximum absolute atomic E-state index is 12.8. The third-order valence-corrected chi connectivity index (χ3v) is 4.85. The molecule has 5 rings (SSSR count). The maximum atomic E-state index is 12.8. The van der Waals surface area contributed by atoms with Crippen LogP contribution < -0.4 is 5.69 Å². The van der Waals surface area contributed by atoms with Crippen LogP contribution in [0.5, 0.6) is 0 Å². The molecule has 27 heavy (non-hydrogen) atoms. The zero-order valence-electron chi connectivity index (χ0n) is 14.0. The third kappa shape index (κ3) is 2.17. The fourth-order valence-corrected chi connectivity index (χ4v) is 3.74. The van der Waals surface area contributed by atoms with Crippen LogP contribution in [-0.2, 0) is 0 Å². The Labute approximate surface area is 152 Å². The summed E-state index contributed by atoms with van der Waals surface area (Å²) in [7, 11) is 0. The van der Waals surface area contributed by atoms with Gasteiger partial charge in [-0.25, -0.2) is 4.79 Å². The van der Waals surface area contributed by atoms with Crippen molar-refractivity contribution in [2.75, 3.05) is 0 Å². The molecule has 0 aliphatic carbocycles. The van der Waals surface area contributed by atoms with Crippen molar-refractivity contribution in [3.63, 3.8) is 0 Å². The molecule has 0 radical (unpaired) electrons. The summed E-state index contributed by atoms with van der Waals surface area (Å²) in [6.45, 7) is 0. The van der Waals surface area contributed by atoms with Crippen LogP contribution in [0.15, 0.2) is 77.6 Å². The molecule has 0 saturated heterocycles. The average Bonchev–Trinajstić information content (AvgIpc) is 3.04. The van der Waals surface area contributed by atoms with Gasteiger partial charge in [-0.2, -0.15) is 0 Å². The lowest BCUT2D eigenvalue weighted by Crippen LogP contribution is -2.15. The Kier molecular flexibility index (Phi) is 3.14. The fourth-order valence-electron chi connectivity index (χ4n) is 3.74. The van der Waals surface area contributed by atoms with Crippen LogP contribution in [0.1, 0.15) is 0 Å². The molecular formula is C21H13N3O3. The van der Waals surface area contributed by atoms with E-state index in [-0.39, 0.29) is 11.4 Å². The Bertz CT molecular complexity index is 1430. The first-order chi connectivity index (χ1) is 13.1. The van der Waals surface area contributed by atoms with Gasteiger partial charge >= 0.3 is 5.69 Å². The number of benzene rings is 3. The first-order valence-electron chi connectivity index (χ1n) is 8.44. The Morgan fingerprint density at radius 3 is 2.44 bits per heavy atom. The topological polar surface area (TPSA) is 80.4 Å². The molecule has 2 aromatic heterocycles. The normalized spacial score (nSPS) is 11.4. The number of aromatic nitrogens is 2. The highest BCUT2D eigenvalue weighted by Crippen LogP contribution is 2.38. The van der Waals surface area contributed by atoms with Crippen LogP contribution >= 0.6 is 0 Å². The highest BCUT2D eigenvalue weighted by molar-refractivity contribution is 6.13. The first kappa shape index (κ1) is 15.3. The van der Waals surface area contributed by atoms with Gasteiger partial charge in [0.25, 0.3) is 5.69 Å². The summed E-state index contributed by atoms with van der Waals surface area (Å²) in [6.07, 6.45) is 0. The lowest BCUT2D eigenvalue weighted by Gasteiger charge is -2.05. The molecule has 0 aliphatic rings. The van der Waals surface area contributed by atoms with E-state index in [0.29, 0.717) is 5.56 Å². The predicted molar refractivity (Wildman–Crippen MR) is 105 cm³/mol. The summed E-state index contributed by atoms with van der Waals surface area (Å²) in [6, 6.07) is 21.7. The Hall–Kier alpha value is -3.93. The first-order valence-corrected chi connectivity index (χ1v) is 8.44. The molecule has 5 aromatic rings. The number of nitrogens with zero attached hydrogens (tertiary/aromatic N) is 2. The zero-order valence-corrected chi connectivity index (χ0v) is 14.0. The van der Waals surface area contributed by atoms with Crippen LogP contribution in [0, 0.1) is 10.1 Å². The van der Waals surface area contributed by atoms with Crippen molar-refractivity contribution in [1.82, 2.24) is 9.38 Å². The van der Waals surface area contributed by atoms with Gasteiger partial charge in [0, 0.05) is 28.5 Å². The Morgan fingerprint density at radius 1 is 0.889 bits per heavy atom. The summed E-state index contributed by atoms with van der Waals surface area (Å²) in [5.74, 6) is 0. The number of para-hydroxylation sites is 2. The van der Waals surface area contributed by atoms with Crippen LogP contribution in [0.4, 0.5) is 5.69 Å². The van der Waals surface area contributed by atoms with Gasteiger partial charge in [0.15, 0.2) is 0 Å². The van der Waals surface area contributed by atoms with Crippen molar-refractivity contribution >= 4 is 33.0 Å². The van der Waals surface area contributed by atoms with Gasteiger partial charge in [-0.3, -0.25) is 14.5 Å². The summed E-state index contributed by atoms with van der Waals surface area (Å²) >= 11 is 0. The predicted octanol–water partition coefficient (Wildman–Crippen LogP) is 4.51. The third-order valence-electron chi connectivity index (χ3n) is 4.85. The smallest absolute Gasteiger partial charge is 0.307 e. The minimum Gasteiger partial charge on any atom is -0.307 e. The number of hydrogen-bond acceptors (Lipinski definition) is 3. The highest BCUT2D eigenvalue weighted by atomic mass is 16.6. The van der Waals surface area contributed by atoms with Gasteiger partial charge in [0.2, 0.25) is 0 Å². The lowest BCUT2D eigenvalue weighted by molar-refractivity contribution is -0.384. The van der Waals surface area contributed by atoms with Crippen molar-refractivity contribution < 1.29 is 4.92 Å². The standard InChI is InChI=1S/C21H13N3O3/c25-21-22-17-10-3-1-8-15(17)20-19(13-6-5-7-14(12-13)24(26)27)16-9-2-4-11-18(16)23(20)21/h1-12H,(H,22,25). The number of nitrogens with one attached hydrogen (secondary N) is 1. The van der Waals surface area contributed by atoms with E-state index in [0.717, 1.165) is 32.9 Å². The van der Waals surface area contributed by atoms with Crippen LogP contribution in [0.2, 0.25) is 0 Å². The van der Waals surface area contributed by atoms with Crippen molar-refractivity contribution in [2.24, 2.45) is 0 Å². The molecule has 3 aromatic carbocycles. The molecule has 0 fully saturated rings. The van der Waals surface area contributed by atoms with E-state index in [2.05, 4.69) is 4.98 Å². The number of aromatic amines is 1. The fraction of sp³-hybridized carbons (Fsp3) is 0. The molecule has 0 spiro atoms.